The third-order valence-corrected chi connectivity index (χ3v) is 6.70. The van der Waals surface area contributed by atoms with Crippen LogP contribution >= 0.6 is 0 Å². The SMILES string of the molecule is Cc1ccccc1C(C)N1C(=O)C(C)(C)C2(C)C=NC(Nc3ccccc3)=NC12. The standard InChI is InChI=1S/C24H28N4O/c1-16-11-9-10-14-19(16)17(2)28-20-24(5,23(3,4)21(28)29)15-25-22(27-20)26-18-12-7-6-8-13-18/h6-15,17,20H,1-5H3,(H,26,27). The zero-order valence-corrected chi connectivity index (χ0v) is 17.7. The van der Waals surface area contributed by atoms with Gasteiger partial charge in [-0.15, -0.1) is 0 Å². The van der Waals surface area contributed by atoms with E-state index in [2.05, 4.69) is 43.2 Å². The number of amides is 1. The van der Waals surface area contributed by atoms with Crippen molar-refractivity contribution in [2.75, 3.05) is 5.32 Å². The van der Waals surface area contributed by atoms with Gasteiger partial charge < -0.3 is 10.2 Å². The Morgan fingerprint density at radius 2 is 1.69 bits per heavy atom. The first kappa shape index (κ1) is 19.4. The van der Waals surface area contributed by atoms with Crippen LogP contribution in [-0.2, 0) is 4.79 Å². The molecule has 150 valence electrons. The number of guanidine groups is 1. The number of likely N-dealkylation sites (tertiary alicyclic amines) is 1. The van der Waals surface area contributed by atoms with E-state index in [0.29, 0.717) is 5.96 Å². The van der Waals surface area contributed by atoms with Gasteiger partial charge in [0, 0.05) is 11.9 Å². The van der Waals surface area contributed by atoms with Crippen molar-refractivity contribution >= 4 is 23.8 Å². The first-order valence-corrected chi connectivity index (χ1v) is 10.1. The molecule has 1 saturated heterocycles. The van der Waals surface area contributed by atoms with Crippen LogP contribution in [0.4, 0.5) is 5.69 Å². The van der Waals surface area contributed by atoms with Gasteiger partial charge in [-0.3, -0.25) is 4.79 Å². The lowest BCUT2D eigenvalue weighted by atomic mass is 9.68. The maximum atomic E-state index is 13.6. The molecule has 29 heavy (non-hydrogen) atoms. The number of hydrogen-bond acceptors (Lipinski definition) is 4. The molecular weight excluding hydrogens is 360 g/mol. The molecule has 3 unspecified atom stereocenters. The van der Waals surface area contributed by atoms with Crippen molar-refractivity contribution < 1.29 is 4.79 Å². The van der Waals surface area contributed by atoms with Gasteiger partial charge in [0.25, 0.3) is 0 Å². The van der Waals surface area contributed by atoms with Crippen LogP contribution in [-0.4, -0.2) is 29.1 Å². The van der Waals surface area contributed by atoms with Crippen LogP contribution in [0.3, 0.4) is 0 Å². The molecule has 0 bridgehead atoms. The molecule has 3 atom stereocenters. The summed E-state index contributed by atoms with van der Waals surface area (Å²) >= 11 is 0. The fourth-order valence-electron chi connectivity index (χ4n) is 4.35. The quantitative estimate of drug-likeness (QED) is 0.820. The van der Waals surface area contributed by atoms with Crippen molar-refractivity contribution in [2.24, 2.45) is 20.8 Å². The molecule has 2 aromatic carbocycles. The summed E-state index contributed by atoms with van der Waals surface area (Å²) in [6.07, 6.45) is 1.60. The Labute approximate surface area is 172 Å². The topological polar surface area (TPSA) is 57.1 Å². The van der Waals surface area contributed by atoms with E-state index in [0.717, 1.165) is 11.3 Å². The normalized spacial score (nSPS) is 26.1. The molecule has 4 rings (SSSR count). The summed E-state index contributed by atoms with van der Waals surface area (Å²) in [6, 6.07) is 18.0. The van der Waals surface area contributed by atoms with Gasteiger partial charge >= 0.3 is 0 Å². The molecule has 0 aromatic heterocycles. The number of benzene rings is 2. The largest absolute Gasteiger partial charge is 0.324 e. The summed E-state index contributed by atoms with van der Waals surface area (Å²) in [5.41, 5.74) is 2.17. The molecular formula is C24H28N4O. The zero-order chi connectivity index (χ0) is 20.8. The summed E-state index contributed by atoms with van der Waals surface area (Å²) in [5.74, 6) is 0.642. The van der Waals surface area contributed by atoms with Crippen LogP contribution in [0, 0.1) is 17.8 Å². The van der Waals surface area contributed by atoms with Crippen LogP contribution in [0.15, 0.2) is 64.6 Å². The molecule has 1 amide bonds. The van der Waals surface area contributed by atoms with Gasteiger partial charge in [0.05, 0.1) is 16.9 Å². The van der Waals surface area contributed by atoms with Gasteiger partial charge in [-0.05, 0) is 57.9 Å². The monoisotopic (exact) mass is 388 g/mol. The van der Waals surface area contributed by atoms with Crippen molar-refractivity contribution in [1.29, 1.82) is 0 Å². The number of hydrogen-bond donors (Lipinski definition) is 1. The summed E-state index contributed by atoms with van der Waals surface area (Å²) < 4.78 is 0. The van der Waals surface area contributed by atoms with Crippen LogP contribution < -0.4 is 5.32 Å². The lowest BCUT2D eigenvalue weighted by molar-refractivity contribution is -0.137. The van der Waals surface area contributed by atoms with E-state index in [1.165, 1.54) is 5.56 Å². The highest BCUT2D eigenvalue weighted by atomic mass is 16.2. The molecule has 2 aliphatic heterocycles. The van der Waals surface area contributed by atoms with Gasteiger partial charge in [0.15, 0.2) is 0 Å². The van der Waals surface area contributed by atoms with E-state index in [1.54, 1.807) is 0 Å². The van der Waals surface area contributed by atoms with Crippen molar-refractivity contribution in [2.45, 2.75) is 46.8 Å². The van der Waals surface area contributed by atoms with Crippen molar-refractivity contribution in [3.8, 4) is 0 Å². The molecule has 0 saturated carbocycles. The van der Waals surface area contributed by atoms with Gasteiger partial charge in [0.2, 0.25) is 11.9 Å². The van der Waals surface area contributed by atoms with E-state index >= 15 is 0 Å². The maximum absolute atomic E-state index is 13.6. The summed E-state index contributed by atoms with van der Waals surface area (Å²) in [7, 11) is 0. The first-order chi connectivity index (χ1) is 13.8. The van der Waals surface area contributed by atoms with E-state index in [9.17, 15) is 4.79 Å². The number of nitrogens with zero attached hydrogens (tertiary/aromatic N) is 3. The predicted molar refractivity (Wildman–Crippen MR) is 118 cm³/mol. The highest BCUT2D eigenvalue weighted by molar-refractivity contribution is 6.04. The molecule has 2 aromatic rings. The highest BCUT2D eigenvalue weighted by Gasteiger charge is 2.63. The van der Waals surface area contributed by atoms with Crippen molar-refractivity contribution in [1.82, 2.24) is 4.90 Å². The minimum Gasteiger partial charge on any atom is -0.324 e. The zero-order valence-electron chi connectivity index (χ0n) is 17.7. The smallest absolute Gasteiger partial charge is 0.231 e. The maximum Gasteiger partial charge on any atom is 0.231 e. The van der Waals surface area contributed by atoms with Gasteiger partial charge in [-0.1, -0.05) is 42.5 Å². The Kier molecular flexibility index (Phi) is 4.56. The lowest BCUT2D eigenvalue weighted by Crippen LogP contribution is -2.45. The summed E-state index contributed by atoms with van der Waals surface area (Å²) in [5, 5.41) is 3.28. The molecule has 2 heterocycles. The van der Waals surface area contributed by atoms with E-state index < -0.39 is 10.8 Å². The molecule has 0 radical (unpaired) electrons. The number of aliphatic imine (C=N–C) groups is 2. The number of para-hydroxylation sites is 1. The van der Waals surface area contributed by atoms with Crippen LogP contribution in [0.2, 0.25) is 0 Å². The summed E-state index contributed by atoms with van der Waals surface area (Å²) in [4.78, 5) is 25.0. The van der Waals surface area contributed by atoms with Gasteiger partial charge in [0.1, 0.15) is 6.17 Å². The van der Waals surface area contributed by atoms with Crippen LogP contribution in [0.25, 0.3) is 0 Å². The second-order valence-corrected chi connectivity index (χ2v) is 8.73. The minimum atomic E-state index is -0.597. The number of nitrogens with one attached hydrogen (secondary N) is 1. The fourth-order valence-corrected chi connectivity index (χ4v) is 4.35. The molecule has 0 spiro atoms. The Morgan fingerprint density at radius 1 is 1.03 bits per heavy atom. The van der Waals surface area contributed by atoms with Crippen molar-refractivity contribution in [3.63, 3.8) is 0 Å². The second kappa shape index (κ2) is 6.83. The Balaban J connectivity index is 1.74. The number of anilines is 1. The Morgan fingerprint density at radius 3 is 2.38 bits per heavy atom. The third-order valence-electron chi connectivity index (χ3n) is 6.70. The first-order valence-electron chi connectivity index (χ1n) is 10.1. The van der Waals surface area contributed by atoms with Crippen molar-refractivity contribution in [3.05, 3.63) is 65.7 Å². The predicted octanol–water partition coefficient (Wildman–Crippen LogP) is 4.81. The van der Waals surface area contributed by atoms with E-state index in [-0.39, 0.29) is 18.1 Å². The highest BCUT2D eigenvalue weighted by Crippen LogP contribution is 2.54. The molecule has 1 fully saturated rings. The van der Waals surface area contributed by atoms with Crippen LogP contribution in [0.1, 0.15) is 44.9 Å². The summed E-state index contributed by atoms with van der Waals surface area (Å²) in [6.45, 7) is 10.3. The molecule has 5 heteroatoms. The third kappa shape index (κ3) is 2.96. The Hall–Kier alpha value is -2.95. The van der Waals surface area contributed by atoms with Gasteiger partial charge in [-0.2, -0.15) is 0 Å². The minimum absolute atomic E-state index is 0.0805. The Bertz CT molecular complexity index is 995. The molecule has 2 aliphatic rings. The molecule has 5 nitrogen and oxygen atoms in total. The van der Waals surface area contributed by atoms with E-state index in [1.807, 2.05) is 67.4 Å². The average molecular weight is 389 g/mol. The molecule has 0 aliphatic carbocycles. The van der Waals surface area contributed by atoms with Crippen LogP contribution in [0.5, 0.6) is 0 Å². The number of carbonyl (C=O) groups excluding carboxylic acids is 1. The number of carbonyl (C=O) groups is 1. The lowest BCUT2D eigenvalue weighted by Gasteiger charge is -2.38. The van der Waals surface area contributed by atoms with E-state index in [4.69, 9.17) is 4.99 Å². The fraction of sp³-hybridized carbons (Fsp3) is 0.375. The number of fused-ring (bicyclic) bond motifs is 1. The average Bonchev–Trinajstić information content (AvgIpc) is 2.86. The van der Waals surface area contributed by atoms with Gasteiger partial charge in [-0.25, -0.2) is 9.98 Å². The molecule has 1 N–H and O–H groups in total. The number of rotatable bonds is 3. The second-order valence-electron chi connectivity index (χ2n) is 8.73. The number of aryl methyl sites for hydroxylation is 1.